The minimum atomic E-state index is 0.321. The molecule has 0 unspecified atom stereocenters. The van der Waals surface area contributed by atoms with Gasteiger partial charge < -0.3 is 5.32 Å². The molecule has 6 heteroatoms. The summed E-state index contributed by atoms with van der Waals surface area (Å²) in [5.41, 5.74) is 1.37. The van der Waals surface area contributed by atoms with Crippen LogP contribution in [0.4, 0.5) is 5.69 Å². The van der Waals surface area contributed by atoms with Crippen molar-refractivity contribution in [2.75, 3.05) is 5.32 Å². The highest BCUT2D eigenvalue weighted by Gasteiger charge is 2.09. The molecule has 0 bridgehead atoms. The zero-order valence-corrected chi connectivity index (χ0v) is 10.9. The largest absolute Gasteiger partial charge is 0.379 e. The smallest absolute Gasteiger partial charge is 0.161 e. The van der Waals surface area contributed by atoms with Crippen LogP contribution < -0.4 is 5.32 Å². The van der Waals surface area contributed by atoms with Gasteiger partial charge in [-0.3, -0.25) is 0 Å². The summed E-state index contributed by atoms with van der Waals surface area (Å²) in [6.45, 7) is 0.502. The fourth-order valence-corrected chi connectivity index (χ4v) is 2.44. The first-order chi connectivity index (χ1) is 8.22. The molecular formula is C11H7Cl2N3S. The summed E-state index contributed by atoms with van der Waals surface area (Å²) in [4.78, 5) is 0.851. The van der Waals surface area contributed by atoms with E-state index in [0.717, 1.165) is 10.6 Å². The van der Waals surface area contributed by atoms with E-state index in [2.05, 4.69) is 15.8 Å². The van der Waals surface area contributed by atoms with Gasteiger partial charge in [0.15, 0.2) is 5.15 Å². The van der Waals surface area contributed by atoms with Crippen LogP contribution in [0.15, 0.2) is 24.3 Å². The maximum Gasteiger partial charge on any atom is 0.161 e. The quantitative estimate of drug-likeness (QED) is 0.928. The molecular weight excluding hydrogens is 277 g/mol. The molecule has 0 aliphatic rings. The molecule has 17 heavy (non-hydrogen) atoms. The van der Waals surface area contributed by atoms with Gasteiger partial charge in [-0.2, -0.15) is 9.64 Å². The van der Waals surface area contributed by atoms with Gasteiger partial charge in [-0.05, 0) is 23.7 Å². The highest BCUT2D eigenvalue weighted by Crippen LogP contribution is 2.29. The highest BCUT2D eigenvalue weighted by atomic mass is 35.5. The Labute approximate surface area is 113 Å². The first-order valence-corrected chi connectivity index (χ1v) is 6.28. The number of halogens is 2. The highest BCUT2D eigenvalue weighted by molar-refractivity contribution is 7.06. The van der Waals surface area contributed by atoms with Gasteiger partial charge >= 0.3 is 0 Å². The molecule has 0 aliphatic carbocycles. The summed E-state index contributed by atoms with van der Waals surface area (Å²) in [5.74, 6) is 0. The third kappa shape index (κ3) is 2.70. The van der Waals surface area contributed by atoms with Gasteiger partial charge in [0.25, 0.3) is 0 Å². The summed E-state index contributed by atoms with van der Waals surface area (Å²) >= 11 is 13.0. The van der Waals surface area contributed by atoms with Gasteiger partial charge in [-0.1, -0.05) is 35.3 Å². The van der Waals surface area contributed by atoms with Crippen molar-refractivity contribution in [3.63, 3.8) is 0 Å². The Bertz CT molecular complexity index is 574. The maximum atomic E-state index is 8.93. The van der Waals surface area contributed by atoms with Crippen LogP contribution in [-0.2, 0) is 6.54 Å². The standard InChI is InChI=1S/C11H7Cl2N3S/c12-10-9(17-16-11(10)13)6-15-8-4-2-1-3-7(8)5-14/h1-4,15H,6H2. The maximum absolute atomic E-state index is 8.93. The zero-order valence-electron chi connectivity index (χ0n) is 8.58. The molecule has 0 spiro atoms. The predicted octanol–water partition coefficient (Wildman–Crippen LogP) is 3.93. The van der Waals surface area contributed by atoms with Gasteiger partial charge in [-0.25, -0.2) is 0 Å². The monoisotopic (exact) mass is 283 g/mol. The van der Waals surface area contributed by atoms with Crippen molar-refractivity contribution in [2.24, 2.45) is 0 Å². The number of nitrogens with one attached hydrogen (secondary N) is 1. The van der Waals surface area contributed by atoms with E-state index >= 15 is 0 Å². The fraction of sp³-hybridized carbons (Fsp3) is 0.0909. The number of rotatable bonds is 3. The molecule has 3 nitrogen and oxygen atoms in total. The van der Waals surface area contributed by atoms with Crippen LogP contribution in [0.3, 0.4) is 0 Å². The van der Waals surface area contributed by atoms with Crippen LogP contribution in [0, 0.1) is 11.3 Å². The normalized spacial score (nSPS) is 9.94. The molecule has 0 fully saturated rings. The van der Waals surface area contributed by atoms with Crippen LogP contribution in [-0.4, -0.2) is 4.37 Å². The average molecular weight is 284 g/mol. The Kier molecular flexibility index (Phi) is 3.85. The number of benzene rings is 1. The first kappa shape index (κ1) is 12.2. The first-order valence-electron chi connectivity index (χ1n) is 4.75. The van der Waals surface area contributed by atoms with E-state index in [0.29, 0.717) is 22.3 Å². The third-order valence-electron chi connectivity index (χ3n) is 2.15. The molecule has 86 valence electrons. The van der Waals surface area contributed by atoms with Crippen LogP contribution in [0.5, 0.6) is 0 Å². The van der Waals surface area contributed by atoms with Crippen LogP contribution in [0.25, 0.3) is 0 Å². The van der Waals surface area contributed by atoms with E-state index in [9.17, 15) is 0 Å². The number of para-hydroxylation sites is 1. The molecule has 0 saturated carbocycles. The van der Waals surface area contributed by atoms with Crippen molar-refractivity contribution in [3.05, 3.63) is 44.9 Å². The Balaban J connectivity index is 2.13. The Morgan fingerprint density at radius 1 is 1.35 bits per heavy atom. The Hall–Kier alpha value is -1.28. The van der Waals surface area contributed by atoms with Crippen molar-refractivity contribution >= 4 is 40.4 Å². The molecule has 1 aromatic heterocycles. The van der Waals surface area contributed by atoms with Crippen LogP contribution in [0.2, 0.25) is 10.2 Å². The van der Waals surface area contributed by atoms with Gasteiger partial charge in [0, 0.05) is 0 Å². The van der Waals surface area contributed by atoms with Crippen molar-refractivity contribution in [3.8, 4) is 6.07 Å². The molecule has 1 N–H and O–H groups in total. The van der Waals surface area contributed by atoms with Crippen molar-refractivity contribution < 1.29 is 0 Å². The lowest BCUT2D eigenvalue weighted by atomic mass is 10.2. The Morgan fingerprint density at radius 3 is 2.76 bits per heavy atom. The molecule has 2 aromatic rings. The minimum Gasteiger partial charge on any atom is -0.379 e. The minimum absolute atomic E-state index is 0.321. The summed E-state index contributed by atoms with van der Waals surface area (Å²) in [6, 6.07) is 9.40. The van der Waals surface area contributed by atoms with E-state index in [1.54, 1.807) is 6.07 Å². The molecule has 0 radical (unpaired) electrons. The van der Waals surface area contributed by atoms with Crippen LogP contribution in [0.1, 0.15) is 10.4 Å². The second kappa shape index (κ2) is 5.37. The van der Waals surface area contributed by atoms with Crippen LogP contribution >= 0.6 is 34.7 Å². The fourth-order valence-electron chi connectivity index (χ4n) is 1.31. The number of hydrogen-bond acceptors (Lipinski definition) is 4. The zero-order chi connectivity index (χ0) is 12.3. The third-order valence-corrected chi connectivity index (χ3v) is 3.98. The number of nitrogens with zero attached hydrogens (tertiary/aromatic N) is 2. The average Bonchev–Trinajstić information content (AvgIpc) is 2.68. The van der Waals surface area contributed by atoms with E-state index < -0.39 is 0 Å². The van der Waals surface area contributed by atoms with Crippen molar-refractivity contribution in [1.82, 2.24) is 4.37 Å². The van der Waals surface area contributed by atoms with E-state index in [1.165, 1.54) is 11.5 Å². The second-order valence-electron chi connectivity index (χ2n) is 3.22. The van der Waals surface area contributed by atoms with Crippen molar-refractivity contribution in [2.45, 2.75) is 6.54 Å². The summed E-state index contributed by atoms with van der Waals surface area (Å²) in [5, 5.41) is 12.9. The molecule has 2 rings (SSSR count). The molecule has 1 heterocycles. The topological polar surface area (TPSA) is 48.7 Å². The summed E-state index contributed by atoms with van der Waals surface area (Å²) in [7, 11) is 0. The van der Waals surface area contributed by atoms with Gasteiger partial charge in [-0.15, -0.1) is 0 Å². The second-order valence-corrected chi connectivity index (χ2v) is 4.82. The SMILES string of the molecule is N#Cc1ccccc1NCc1snc(Cl)c1Cl. The molecule has 0 amide bonds. The van der Waals surface area contributed by atoms with E-state index in [1.807, 2.05) is 18.2 Å². The molecule has 0 aliphatic heterocycles. The lowest BCUT2D eigenvalue weighted by Crippen LogP contribution is -1.99. The van der Waals surface area contributed by atoms with Gasteiger partial charge in [0.2, 0.25) is 0 Å². The predicted molar refractivity (Wildman–Crippen MR) is 70.6 cm³/mol. The molecule has 1 aromatic carbocycles. The molecule has 0 saturated heterocycles. The number of hydrogen-bond donors (Lipinski definition) is 1. The van der Waals surface area contributed by atoms with Crippen molar-refractivity contribution in [1.29, 1.82) is 5.26 Å². The van der Waals surface area contributed by atoms with E-state index in [-0.39, 0.29) is 0 Å². The lowest BCUT2D eigenvalue weighted by Gasteiger charge is -2.06. The van der Waals surface area contributed by atoms with Gasteiger partial charge in [0.05, 0.1) is 27.7 Å². The van der Waals surface area contributed by atoms with Gasteiger partial charge in [0.1, 0.15) is 6.07 Å². The number of anilines is 1. The number of aromatic nitrogens is 1. The Morgan fingerprint density at radius 2 is 2.12 bits per heavy atom. The lowest BCUT2D eigenvalue weighted by molar-refractivity contribution is 1.19. The summed E-state index contributed by atoms with van der Waals surface area (Å²) in [6.07, 6.45) is 0. The summed E-state index contributed by atoms with van der Waals surface area (Å²) < 4.78 is 3.94. The molecule has 0 atom stereocenters. The van der Waals surface area contributed by atoms with E-state index in [4.69, 9.17) is 28.5 Å². The number of nitriles is 1.